The van der Waals surface area contributed by atoms with Gasteiger partial charge in [0.05, 0.1) is 5.92 Å². The highest BCUT2D eigenvalue weighted by Gasteiger charge is 2.30. The minimum Gasteiger partial charge on any atom is -0.481 e. The highest BCUT2D eigenvalue weighted by molar-refractivity contribution is 5.84. The molecule has 0 spiro atoms. The molecule has 0 aromatic heterocycles. The Morgan fingerprint density at radius 2 is 1.71 bits per heavy atom. The van der Waals surface area contributed by atoms with Crippen molar-refractivity contribution in [2.45, 2.75) is 25.7 Å². The Hall–Kier alpha value is -1.79. The van der Waals surface area contributed by atoms with Crippen LogP contribution >= 0.6 is 0 Å². The van der Waals surface area contributed by atoms with E-state index in [4.69, 9.17) is 5.11 Å². The zero-order valence-corrected chi connectivity index (χ0v) is 12.5. The number of piperidine rings is 1. The van der Waals surface area contributed by atoms with Gasteiger partial charge in [-0.1, -0.05) is 0 Å². The largest absolute Gasteiger partial charge is 0.481 e. The third-order valence-electron chi connectivity index (χ3n) is 4.20. The standard InChI is InChI=1S/C14H23N3O4/c1-15(10-12(18)16-6-2-3-7-16)14(21)17-8-4-5-11(9-17)13(19)20/h11H,2-10H2,1H3,(H,19,20)/t11-/m0/s1. The number of likely N-dealkylation sites (tertiary alicyclic amines) is 2. The number of carboxylic acid groups (broad SMARTS) is 1. The molecular weight excluding hydrogens is 274 g/mol. The molecule has 1 N–H and O–H groups in total. The molecule has 118 valence electrons. The van der Waals surface area contributed by atoms with Gasteiger partial charge in [-0.3, -0.25) is 9.59 Å². The quantitative estimate of drug-likeness (QED) is 0.820. The Labute approximate surface area is 124 Å². The molecular formula is C14H23N3O4. The molecule has 1 atom stereocenters. The molecule has 2 heterocycles. The molecule has 2 aliphatic heterocycles. The zero-order chi connectivity index (χ0) is 15.4. The van der Waals surface area contributed by atoms with Crippen LogP contribution in [0.5, 0.6) is 0 Å². The molecule has 0 aliphatic carbocycles. The van der Waals surface area contributed by atoms with E-state index in [9.17, 15) is 14.4 Å². The van der Waals surface area contributed by atoms with Crippen LogP contribution < -0.4 is 0 Å². The summed E-state index contributed by atoms with van der Waals surface area (Å²) in [5, 5.41) is 9.05. The third-order valence-corrected chi connectivity index (χ3v) is 4.20. The molecule has 7 nitrogen and oxygen atoms in total. The lowest BCUT2D eigenvalue weighted by molar-refractivity contribution is -0.143. The average Bonchev–Trinajstić information content (AvgIpc) is 3.00. The van der Waals surface area contributed by atoms with Crippen LogP contribution in [0.15, 0.2) is 0 Å². The van der Waals surface area contributed by atoms with E-state index < -0.39 is 11.9 Å². The first kappa shape index (κ1) is 15.6. The highest BCUT2D eigenvalue weighted by atomic mass is 16.4. The highest BCUT2D eigenvalue weighted by Crippen LogP contribution is 2.18. The van der Waals surface area contributed by atoms with E-state index >= 15 is 0 Å². The Kier molecular flexibility index (Phi) is 5.03. The van der Waals surface area contributed by atoms with E-state index in [1.54, 1.807) is 16.8 Å². The predicted octanol–water partition coefficient (Wildman–Crippen LogP) is 0.457. The number of carboxylic acids is 1. The minimum atomic E-state index is -0.858. The first-order valence-electron chi connectivity index (χ1n) is 7.49. The first-order valence-corrected chi connectivity index (χ1v) is 7.49. The summed E-state index contributed by atoms with van der Waals surface area (Å²) in [6.45, 7) is 2.39. The number of aliphatic carboxylic acids is 1. The van der Waals surface area contributed by atoms with Crippen molar-refractivity contribution in [2.75, 3.05) is 39.8 Å². The lowest BCUT2D eigenvalue weighted by Gasteiger charge is -2.34. The number of hydrogen-bond donors (Lipinski definition) is 1. The Bertz CT molecular complexity index is 420. The number of amides is 3. The monoisotopic (exact) mass is 297 g/mol. The summed E-state index contributed by atoms with van der Waals surface area (Å²) in [7, 11) is 1.60. The molecule has 0 aromatic carbocycles. The Morgan fingerprint density at radius 3 is 2.33 bits per heavy atom. The molecule has 2 fully saturated rings. The van der Waals surface area contributed by atoms with Gasteiger partial charge in [0.1, 0.15) is 6.54 Å². The van der Waals surface area contributed by atoms with E-state index in [2.05, 4.69) is 0 Å². The zero-order valence-electron chi connectivity index (χ0n) is 12.5. The molecule has 3 amide bonds. The van der Waals surface area contributed by atoms with E-state index in [1.807, 2.05) is 0 Å². The second-order valence-electron chi connectivity index (χ2n) is 5.85. The average molecular weight is 297 g/mol. The van der Waals surface area contributed by atoms with Gasteiger partial charge in [0.15, 0.2) is 0 Å². The van der Waals surface area contributed by atoms with Crippen LogP contribution in [-0.4, -0.2) is 77.5 Å². The van der Waals surface area contributed by atoms with Gasteiger partial charge in [0, 0.05) is 33.2 Å². The summed E-state index contributed by atoms with van der Waals surface area (Å²) in [5.41, 5.74) is 0. The number of rotatable bonds is 3. The number of carbonyl (C=O) groups excluding carboxylic acids is 2. The summed E-state index contributed by atoms with van der Waals surface area (Å²) in [6.07, 6.45) is 3.35. The van der Waals surface area contributed by atoms with Crippen LogP contribution in [0.4, 0.5) is 4.79 Å². The fourth-order valence-corrected chi connectivity index (χ4v) is 2.93. The maximum absolute atomic E-state index is 12.3. The molecule has 0 radical (unpaired) electrons. The van der Waals surface area contributed by atoms with E-state index in [1.165, 1.54) is 4.90 Å². The summed E-state index contributed by atoms with van der Waals surface area (Å²) in [6, 6.07) is -0.256. The van der Waals surface area contributed by atoms with Crippen LogP contribution in [0.3, 0.4) is 0 Å². The molecule has 0 aromatic rings. The van der Waals surface area contributed by atoms with Crippen molar-refractivity contribution in [3.8, 4) is 0 Å². The number of carbonyl (C=O) groups is 3. The van der Waals surface area contributed by atoms with Crippen molar-refractivity contribution in [3.63, 3.8) is 0 Å². The smallest absolute Gasteiger partial charge is 0.320 e. The van der Waals surface area contributed by atoms with E-state index in [0.29, 0.717) is 19.4 Å². The second kappa shape index (κ2) is 6.78. The van der Waals surface area contributed by atoms with Crippen molar-refractivity contribution in [1.29, 1.82) is 0 Å². The van der Waals surface area contributed by atoms with Crippen LogP contribution in [0.25, 0.3) is 0 Å². The van der Waals surface area contributed by atoms with Gasteiger partial charge in [-0.2, -0.15) is 0 Å². The summed E-state index contributed by atoms with van der Waals surface area (Å²) < 4.78 is 0. The SMILES string of the molecule is CN(CC(=O)N1CCCC1)C(=O)N1CCC[C@H](C(=O)O)C1. The van der Waals surface area contributed by atoms with Crippen LogP contribution in [0, 0.1) is 5.92 Å². The van der Waals surface area contributed by atoms with Crippen molar-refractivity contribution >= 4 is 17.9 Å². The molecule has 0 bridgehead atoms. The maximum Gasteiger partial charge on any atom is 0.320 e. The third kappa shape index (κ3) is 3.86. The summed E-state index contributed by atoms with van der Waals surface area (Å²) in [4.78, 5) is 40.1. The van der Waals surface area contributed by atoms with Crippen molar-refractivity contribution in [3.05, 3.63) is 0 Å². The lowest BCUT2D eigenvalue weighted by Crippen LogP contribution is -2.50. The molecule has 0 saturated carbocycles. The van der Waals surface area contributed by atoms with E-state index in [0.717, 1.165) is 25.9 Å². The molecule has 2 aliphatic rings. The Morgan fingerprint density at radius 1 is 1.10 bits per heavy atom. The predicted molar refractivity (Wildman–Crippen MR) is 75.8 cm³/mol. The fourth-order valence-electron chi connectivity index (χ4n) is 2.93. The topological polar surface area (TPSA) is 81.2 Å². The van der Waals surface area contributed by atoms with Crippen molar-refractivity contribution in [1.82, 2.24) is 14.7 Å². The normalized spacial score (nSPS) is 22.2. The van der Waals surface area contributed by atoms with Gasteiger partial charge in [0.25, 0.3) is 0 Å². The van der Waals surface area contributed by atoms with Gasteiger partial charge in [-0.25, -0.2) is 4.79 Å². The molecule has 2 saturated heterocycles. The molecule has 0 unspecified atom stereocenters. The number of likely N-dealkylation sites (N-methyl/N-ethyl adjacent to an activating group) is 1. The summed E-state index contributed by atoms with van der Waals surface area (Å²) in [5.74, 6) is -1.39. The first-order chi connectivity index (χ1) is 9.99. The van der Waals surface area contributed by atoms with Crippen LogP contribution in [0.1, 0.15) is 25.7 Å². The van der Waals surface area contributed by atoms with Crippen molar-refractivity contribution in [2.24, 2.45) is 5.92 Å². The second-order valence-corrected chi connectivity index (χ2v) is 5.85. The fraction of sp³-hybridized carbons (Fsp3) is 0.786. The van der Waals surface area contributed by atoms with Gasteiger partial charge in [-0.15, -0.1) is 0 Å². The maximum atomic E-state index is 12.3. The van der Waals surface area contributed by atoms with Crippen LogP contribution in [-0.2, 0) is 9.59 Å². The Balaban J connectivity index is 1.86. The van der Waals surface area contributed by atoms with Gasteiger partial charge in [-0.05, 0) is 25.7 Å². The number of hydrogen-bond acceptors (Lipinski definition) is 3. The lowest BCUT2D eigenvalue weighted by atomic mass is 9.99. The van der Waals surface area contributed by atoms with Crippen LogP contribution in [0.2, 0.25) is 0 Å². The molecule has 2 rings (SSSR count). The van der Waals surface area contributed by atoms with Crippen molar-refractivity contribution < 1.29 is 19.5 Å². The molecule has 21 heavy (non-hydrogen) atoms. The number of nitrogens with zero attached hydrogens (tertiary/aromatic N) is 3. The van der Waals surface area contributed by atoms with Gasteiger partial charge in [0.2, 0.25) is 5.91 Å². The molecule has 7 heteroatoms. The van der Waals surface area contributed by atoms with Gasteiger partial charge >= 0.3 is 12.0 Å². The van der Waals surface area contributed by atoms with Gasteiger partial charge < -0.3 is 19.8 Å². The number of urea groups is 1. The van der Waals surface area contributed by atoms with E-state index in [-0.39, 0.29) is 25.0 Å². The summed E-state index contributed by atoms with van der Waals surface area (Å²) >= 11 is 0. The minimum absolute atomic E-state index is 0.0323.